The molecule has 1 aliphatic carbocycles. The van der Waals surface area contributed by atoms with Crippen LogP contribution < -0.4 is 10.5 Å². The third-order valence-corrected chi connectivity index (χ3v) is 5.33. The molecule has 1 saturated carbocycles. The molecule has 2 unspecified atom stereocenters. The van der Waals surface area contributed by atoms with Gasteiger partial charge < -0.3 is 5.73 Å². The molecule has 1 fully saturated rings. The molecule has 106 valence electrons. The molecule has 0 heterocycles. The van der Waals surface area contributed by atoms with Gasteiger partial charge in [0, 0.05) is 18.2 Å². The monoisotopic (exact) mass is 290 g/mol. The number of rotatable bonds is 3. The molecule has 1 aromatic carbocycles. The molecule has 0 bridgehead atoms. The van der Waals surface area contributed by atoms with Gasteiger partial charge in [-0.25, -0.2) is 21.9 Å². The van der Waals surface area contributed by atoms with E-state index in [9.17, 15) is 17.2 Å². The van der Waals surface area contributed by atoms with Gasteiger partial charge in [-0.2, -0.15) is 0 Å². The summed E-state index contributed by atoms with van der Waals surface area (Å²) in [6, 6.07) is 1.93. The van der Waals surface area contributed by atoms with Crippen LogP contribution in [0.5, 0.6) is 0 Å². The van der Waals surface area contributed by atoms with Crippen LogP contribution in [0, 0.1) is 17.0 Å². The molecular formula is C12H16F2N2O2S. The number of hydrogen-bond donors (Lipinski definition) is 2. The van der Waals surface area contributed by atoms with Gasteiger partial charge in [0.2, 0.25) is 10.0 Å². The molecule has 0 aromatic heterocycles. The number of nitrogens with two attached hydrogens (primary N) is 1. The fourth-order valence-electron chi connectivity index (χ4n) is 2.10. The second kappa shape index (κ2) is 4.50. The Hall–Kier alpha value is -1.05. The first-order valence-corrected chi connectivity index (χ1v) is 7.36. The normalized spacial score (nSPS) is 25.9. The van der Waals surface area contributed by atoms with Crippen LogP contribution in [0.2, 0.25) is 0 Å². The average Bonchev–Trinajstić information content (AvgIpc) is 2.27. The molecule has 1 aromatic rings. The summed E-state index contributed by atoms with van der Waals surface area (Å²) < 4.78 is 52.8. The lowest BCUT2D eigenvalue weighted by Crippen LogP contribution is -2.64. The zero-order valence-electron chi connectivity index (χ0n) is 10.7. The van der Waals surface area contributed by atoms with E-state index in [0.29, 0.717) is 12.5 Å². The van der Waals surface area contributed by atoms with Crippen molar-refractivity contribution in [3.8, 4) is 0 Å². The molecule has 0 aliphatic heterocycles. The van der Waals surface area contributed by atoms with Crippen LogP contribution in [-0.4, -0.2) is 20.5 Å². The quantitative estimate of drug-likeness (QED) is 0.883. The van der Waals surface area contributed by atoms with E-state index in [-0.39, 0.29) is 17.5 Å². The van der Waals surface area contributed by atoms with Crippen LogP contribution in [0.1, 0.15) is 20.3 Å². The fourth-order valence-corrected chi connectivity index (χ4v) is 3.57. The first kappa shape index (κ1) is 14.4. The maximum Gasteiger partial charge on any atom is 0.243 e. The Morgan fingerprint density at radius 3 is 2.47 bits per heavy atom. The minimum Gasteiger partial charge on any atom is -0.327 e. The molecule has 0 saturated heterocycles. The van der Waals surface area contributed by atoms with E-state index in [1.807, 2.05) is 13.8 Å². The van der Waals surface area contributed by atoms with Crippen LogP contribution in [0.3, 0.4) is 0 Å². The summed E-state index contributed by atoms with van der Waals surface area (Å²) in [5.41, 5.74) is 5.41. The van der Waals surface area contributed by atoms with Crippen molar-refractivity contribution in [1.82, 2.24) is 4.72 Å². The Bertz CT molecular complexity index is 602. The second-order valence-electron chi connectivity index (χ2n) is 5.41. The van der Waals surface area contributed by atoms with E-state index >= 15 is 0 Å². The van der Waals surface area contributed by atoms with E-state index in [4.69, 9.17) is 5.73 Å². The van der Waals surface area contributed by atoms with Crippen LogP contribution in [0.4, 0.5) is 8.78 Å². The first-order valence-electron chi connectivity index (χ1n) is 5.87. The summed E-state index contributed by atoms with van der Waals surface area (Å²) >= 11 is 0. The minimum atomic E-state index is -4.01. The summed E-state index contributed by atoms with van der Waals surface area (Å²) in [7, 11) is -4.01. The molecule has 4 nitrogen and oxygen atoms in total. The molecule has 1 aliphatic rings. The van der Waals surface area contributed by atoms with Crippen LogP contribution >= 0.6 is 0 Å². The van der Waals surface area contributed by atoms with Gasteiger partial charge in [-0.05, 0) is 24.0 Å². The molecule has 3 N–H and O–H groups in total. The highest BCUT2D eigenvalue weighted by Crippen LogP contribution is 2.39. The van der Waals surface area contributed by atoms with Gasteiger partial charge >= 0.3 is 0 Å². The first-order chi connectivity index (χ1) is 8.64. The highest BCUT2D eigenvalue weighted by molar-refractivity contribution is 7.89. The molecule has 2 atom stereocenters. The number of halogens is 2. The van der Waals surface area contributed by atoms with E-state index in [0.717, 1.165) is 12.1 Å². The van der Waals surface area contributed by atoms with Crippen molar-refractivity contribution in [1.29, 1.82) is 0 Å². The summed E-state index contributed by atoms with van der Waals surface area (Å²) in [5.74, 6) is -1.92. The van der Waals surface area contributed by atoms with Crippen molar-refractivity contribution < 1.29 is 17.2 Å². The Kier molecular flexibility index (Phi) is 3.40. The zero-order valence-corrected chi connectivity index (χ0v) is 11.5. The highest BCUT2D eigenvalue weighted by atomic mass is 32.2. The Morgan fingerprint density at radius 1 is 1.37 bits per heavy atom. The fraction of sp³-hybridized carbons (Fsp3) is 0.500. The predicted molar refractivity (Wildman–Crippen MR) is 66.8 cm³/mol. The number of nitrogens with one attached hydrogen (secondary N) is 1. The van der Waals surface area contributed by atoms with E-state index in [1.54, 1.807) is 0 Å². The minimum absolute atomic E-state index is 0.0988. The Morgan fingerprint density at radius 2 is 2.00 bits per heavy atom. The third-order valence-electron chi connectivity index (χ3n) is 3.82. The van der Waals surface area contributed by atoms with Gasteiger partial charge in [-0.3, -0.25) is 0 Å². The van der Waals surface area contributed by atoms with E-state index in [1.165, 1.54) is 0 Å². The molecule has 0 spiro atoms. The lowest BCUT2D eigenvalue weighted by Gasteiger charge is -2.50. The van der Waals surface area contributed by atoms with Crippen LogP contribution in [0.25, 0.3) is 0 Å². The number of benzene rings is 1. The van der Waals surface area contributed by atoms with Crippen molar-refractivity contribution in [2.45, 2.75) is 37.2 Å². The molecule has 0 amide bonds. The third kappa shape index (κ3) is 2.50. The molecule has 19 heavy (non-hydrogen) atoms. The summed E-state index contributed by atoms with van der Waals surface area (Å²) in [5, 5.41) is 0. The van der Waals surface area contributed by atoms with Crippen molar-refractivity contribution in [2.24, 2.45) is 11.1 Å². The van der Waals surface area contributed by atoms with Crippen molar-refractivity contribution in [3.63, 3.8) is 0 Å². The standard InChI is InChI=1S/C12H16F2N2O2S/c1-12(2)10(15)6-11(12)16-19(17,18)9-4-3-7(13)5-8(9)14/h3-5,10-11,16H,6,15H2,1-2H3. The van der Waals surface area contributed by atoms with Crippen molar-refractivity contribution in [2.75, 3.05) is 0 Å². The lowest BCUT2D eigenvalue weighted by atomic mass is 9.64. The second-order valence-corrected chi connectivity index (χ2v) is 7.09. The van der Waals surface area contributed by atoms with Crippen molar-refractivity contribution in [3.05, 3.63) is 29.8 Å². The van der Waals surface area contributed by atoms with Gasteiger partial charge in [-0.1, -0.05) is 13.8 Å². The maximum atomic E-state index is 13.5. The summed E-state index contributed by atoms with van der Waals surface area (Å²) in [4.78, 5) is -0.551. The SMILES string of the molecule is CC1(C)C(N)CC1NS(=O)(=O)c1ccc(F)cc1F. The van der Waals surface area contributed by atoms with Crippen LogP contribution in [-0.2, 0) is 10.0 Å². The molecule has 7 heteroatoms. The largest absolute Gasteiger partial charge is 0.327 e. The van der Waals surface area contributed by atoms with Crippen molar-refractivity contribution >= 4 is 10.0 Å². The number of hydrogen-bond acceptors (Lipinski definition) is 3. The van der Waals surface area contributed by atoms with Gasteiger partial charge in [0.05, 0.1) is 0 Å². The smallest absolute Gasteiger partial charge is 0.243 e. The van der Waals surface area contributed by atoms with Gasteiger partial charge in [0.15, 0.2) is 0 Å². The highest BCUT2D eigenvalue weighted by Gasteiger charge is 2.47. The summed E-state index contributed by atoms with van der Waals surface area (Å²) in [6.45, 7) is 3.69. The van der Waals surface area contributed by atoms with Crippen LogP contribution in [0.15, 0.2) is 23.1 Å². The van der Waals surface area contributed by atoms with E-state index in [2.05, 4.69) is 4.72 Å². The molecule has 2 rings (SSSR count). The Labute approximate surface area is 111 Å². The number of sulfonamides is 1. The zero-order chi connectivity index (χ0) is 14.4. The average molecular weight is 290 g/mol. The van der Waals surface area contributed by atoms with Gasteiger partial charge in [0.25, 0.3) is 0 Å². The summed E-state index contributed by atoms with van der Waals surface area (Å²) in [6.07, 6.45) is 0.495. The topological polar surface area (TPSA) is 72.2 Å². The van der Waals surface area contributed by atoms with E-state index < -0.39 is 26.6 Å². The molecule has 0 radical (unpaired) electrons. The molecular weight excluding hydrogens is 274 g/mol. The Balaban J connectivity index is 2.25. The van der Waals surface area contributed by atoms with Gasteiger partial charge in [-0.15, -0.1) is 0 Å². The maximum absolute atomic E-state index is 13.5. The lowest BCUT2D eigenvalue weighted by molar-refractivity contribution is 0.0903. The predicted octanol–water partition coefficient (Wildman–Crippen LogP) is 1.37. The van der Waals surface area contributed by atoms with Gasteiger partial charge in [0.1, 0.15) is 16.5 Å².